The second kappa shape index (κ2) is 6.11. The van der Waals surface area contributed by atoms with Crippen LogP contribution in [0.3, 0.4) is 0 Å². The van der Waals surface area contributed by atoms with Crippen molar-refractivity contribution < 1.29 is 13.2 Å². The number of nitrogens with two attached hydrogens (primary N) is 1. The second-order valence-corrected chi connectivity index (χ2v) is 7.40. The number of benzene rings is 1. The zero-order valence-corrected chi connectivity index (χ0v) is 12.8. The van der Waals surface area contributed by atoms with Crippen LogP contribution in [0.1, 0.15) is 18.4 Å². The third-order valence-electron chi connectivity index (χ3n) is 3.71. The van der Waals surface area contributed by atoms with Crippen molar-refractivity contribution in [2.45, 2.75) is 24.7 Å². The van der Waals surface area contributed by atoms with Crippen LogP contribution in [0.5, 0.6) is 0 Å². The topological polar surface area (TPSA) is 72.6 Å². The molecule has 1 aliphatic rings. The molecule has 5 nitrogen and oxygen atoms in total. The van der Waals surface area contributed by atoms with E-state index in [4.69, 9.17) is 10.5 Å². The molecule has 0 unspecified atom stereocenters. The Morgan fingerprint density at radius 2 is 2.00 bits per heavy atom. The van der Waals surface area contributed by atoms with Gasteiger partial charge < -0.3 is 10.5 Å². The first-order valence-corrected chi connectivity index (χ1v) is 8.25. The molecule has 2 N–H and O–H groups in total. The molecule has 0 spiro atoms. The lowest BCUT2D eigenvalue weighted by Gasteiger charge is -2.27. The average molecular weight is 298 g/mol. The summed E-state index contributed by atoms with van der Waals surface area (Å²) in [7, 11) is -1.90. The van der Waals surface area contributed by atoms with Gasteiger partial charge in [0.15, 0.2) is 0 Å². The maximum atomic E-state index is 12.6. The van der Waals surface area contributed by atoms with Crippen molar-refractivity contribution in [2.24, 2.45) is 5.92 Å². The molecule has 0 atom stereocenters. The predicted molar refractivity (Wildman–Crippen MR) is 79.0 cm³/mol. The molecule has 0 aromatic heterocycles. The molecule has 6 heteroatoms. The molecule has 1 heterocycles. The number of ether oxygens (including phenoxy) is 1. The zero-order valence-electron chi connectivity index (χ0n) is 12.0. The highest BCUT2D eigenvalue weighted by Gasteiger charge is 2.26. The van der Waals surface area contributed by atoms with Gasteiger partial charge in [-0.1, -0.05) is 6.07 Å². The van der Waals surface area contributed by atoms with E-state index in [1.807, 2.05) is 6.92 Å². The van der Waals surface area contributed by atoms with E-state index in [0.29, 0.717) is 31.4 Å². The van der Waals surface area contributed by atoms with Gasteiger partial charge in [-0.25, -0.2) is 12.7 Å². The van der Waals surface area contributed by atoms with Crippen LogP contribution < -0.4 is 5.73 Å². The van der Waals surface area contributed by atoms with Gasteiger partial charge in [0.05, 0.1) is 5.69 Å². The van der Waals surface area contributed by atoms with Gasteiger partial charge in [-0.3, -0.25) is 0 Å². The van der Waals surface area contributed by atoms with E-state index in [1.54, 1.807) is 25.2 Å². The number of nitrogen functional groups attached to an aromatic ring is 1. The van der Waals surface area contributed by atoms with Gasteiger partial charge in [-0.2, -0.15) is 0 Å². The maximum Gasteiger partial charge on any atom is 0.244 e. The lowest BCUT2D eigenvalue weighted by atomic mass is 10.0. The molecule has 1 aromatic carbocycles. The fourth-order valence-electron chi connectivity index (χ4n) is 2.46. The number of hydrogen-bond acceptors (Lipinski definition) is 4. The molecular weight excluding hydrogens is 276 g/mol. The zero-order chi connectivity index (χ0) is 14.8. The van der Waals surface area contributed by atoms with Crippen LogP contribution in [-0.4, -0.2) is 39.5 Å². The third kappa shape index (κ3) is 3.31. The fraction of sp³-hybridized carbons (Fsp3) is 0.571. The van der Waals surface area contributed by atoms with E-state index in [0.717, 1.165) is 18.4 Å². The van der Waals surface area contributed by atoms with Crippen molar-refractivity contribution in [2.75, 3.05) is 32.5 Å². The highest BCUT2D eigenvalue weighted by atomic mass is 32.2. The van der Waals surface area contributed by atoms with Crippen LogP contribution in [0.4, 0.5) is 5.69 Å². The van der Waals surface area contributed by atoms with Crippen molar-refractivity contribution in [1.29, 1.82) is 0 Å². The van der Waals surface area contributed by atoms with E-state index in [2.05, 4.69) is 0 Å². The molecule has 1 saturated heterocycles. The third-order valence-corrected chi connectivity index (χ3v) is 5.61. The van der Waals surface area contributed by atoms with Crippen molar-refractivity contribution in [3.05, 3.63) is 23.8 Å². The minimum Gasteiger partial charge on any atom is -0.398 e. The normalized spacial score (nSPS) is 17.6. The van der Waals surface area contributed by atoms with Gasteiger partial charge in [0.1, 0.15) is 4.90 Å². The summed E-state index contributed by atoms with van der Waals surface area (Å²) in [6.07, 6.45) is 1.81. The number of nitrogens with zero attached hydrogens (tertiary/aromatic N) is 1. The van der Waals surface area contributed by atoms with E-state index in [9.17, 15) is 8.42 Å². The minimum atomic E-state index is -3.52. The van der Waals surface area contributed by atoms with Crippen molar-refractivity contribution in [3.8, 4) is 0 Å². The van der Waals surface area contributed by atoms with Crippen molar-refractivity contribution >= 4 is 15.7 Å². The summed E-state index contributed by atoms with van der Waals surface area (Å²) in [4.78, 5) is 0.192. The summed E-state index contributed by atoms with van der Waals surface area (Å²) >= 11 is 0. The Morgan fingerprint density at radius 3 is 2.60 bits per heavy atom. The summed E-state index contributed by atoms with van der Waals surface area (Å²) in [6.45, 7) is 3.83. The molecule has 1 aromatic rings. The average Bonchev–Trinajstić information content (AvgIpc) is 2.39. The first-order chi connectivity index (χ1) is 9.41. The van der Waals surface area contributed by atoms with E-state index >= 15 is 0 Å². The summed E-state index contributed by atoms with van der Waals surface area (Å²) in [5, 5.41) is 0. The van der Waals surface area contributed by atoms with E-state index in [1.165, 1.54) is 4.31 Å². The van der Waals surface area contributed by atoms with Gasteiger partial charge >= 0.3 is 0 Å². The van der Waals surface area contributed by atoms with E-state index in [-0.39, 0.29) is 4.90 Å². The molecule has 1 aliphatic heterocycles. The van der Waals surface area contributed by atoms with Crippen LogP contribution in [0, 0.1) is 12.8 Å². The molecule has 1 fully saturated rings. The lowest BCUT2D eigenvalue weighted by Crippen LogP contribution is -2.34. The Kier molecular flexibility index (Phi) is 4.67. The maximum absolute atomic E-state index is 12.6. The largest absolute Gasteiger partial charge is 0.398 e. The Labute approximate surface area is 120 Å². The first-order valence-electron chi connectivity index (χ1n) is 6.81. The lowest BCUT2D eigenvalue weighted by molar-refractivity contribution is 0.0620. The molecule has 2 rings (SSSR count). The quantitative estimate of drug-likeness (QED) is 0.857. The van der Waals surface area contributed by atoms with Crippen LogP contribution in [0.2, 0.25) is 0 Å². The van der Waals surface area contributed by atoms with E-state index < -0.39 is 10.0 Å². The molecular formula is C14H22N2O3S. The Balaban J connectivity index is 2.16. The van der Waals surface area contributed by atoms with Crippen LogP contribution in [-0.2, 0) is 14.8 Å². The Hall–Kier alpha value is -1.11. The predicted octanol–water partition coefficient (Wildman–Crippen LogP) is 1.62. The monoisotopic (exact) mass is 298 g/mol. The molecule has 0 radical (unpaired) electrons. The number of anilines is 1. The molecule has 20 heavy (non-hydrogen) atoms. The van der Waals surface area contributed by atoms with Gasteiger partial charge in [-0.15, -0.1) is 0 Å². The molecule has 0 bridgehead atoms. The summed E-state index contributed by atoms with van der Waals surface area (Å²) in [5.74, 6) is 0.357. The summed E-state index contributed by atoms with van der Waals surface area (Å²) in [6, 6.07) is 5.04. The van der Waals surface area contributed by atoms with Gasteiger partial charge in [0, 0.05) is 26.8 Å². The molecule has 0 amide bonds. The number of aryl methyl sites for hydroxylation is 1. The molecule has 0 saturated carbocycles. The smallest absolute Gasteiger partial charge is 0.244 e. The minimum absolute atomic E-state index is 0.192. The molecule has 112 valence electrons. The number of sulfonamides is 1. The van der Waals surface area contributed by atoms with Crippen LogP contribution in [0.15, 0.2) is 23.1 Å². The second-order valence-electron chi connectivity index (χ2n) is 5.38. The van der Waals surface area contributed by atoms with Crippen molar-refractivity contribution in [3.63, 3.8) is 0 Å². The number of hydrogen-bond donors (Lipinski definition) is 1. The van der Waals surface area contributed by atoms with Crippen LogP contribution >= 0.6 is 0 Å². The Bertz CT molecular complexity index is 566. The summed E-state index contributed by atoms with van der Waals surface area (Å²) in [5.41, 5.74) is 7.11. The standard InChI is InChI=1S/C14H22N2O3S/c1-11-3-4-14(13(15)9-11)20(17,18)16(2)10-12-5-7-19-8-6-12/h3-4,9,12H,5-8,10,15H2,1-2H3. The van der Waals surface area contributed by atoms with Gasteiger partial charge in [0.2, 0.25) is 10.0 Å². The Morgan fingerprint density at radius 1 is 1.35 bits per heavy atom. The first kappa shape index (κ1) is 15.3. The summed E-state index contributed by atoms with van der Waals surface area (Å²) < 4.78 is 31.8. The van der Waals surface area contributed by atoms with Gasteiger partial charge in [0.25, 0.3) is 0 Å². The van der Waals surface area contributed by atoms with Gasteiger partial charge in [-0.05, 0) is 43.4 Å². The molecule has 0 aliphatic carbocycles. The highest BCUT2D eigenvalue weighted by Crippen LogP contribution is 2.24. The fourth-order valence-corrected chi connectivity index (χ4v) is 3.80. The highest BCUT2D eigenvalue weighted by molar-refractivity contribution is 7.89. The van der Waals surface area contributed by atoms with Crippen LogP contribution in [0.25, 0.3) is 0 Å². The number of rotatable bonds is 4. The SMILES string of the molecule is Cc1ccc(S(=O)(=O)N(C)CC2CCOCC2)c(N)c1. The van der Waals surface area contributed by atoms with Crippen molar-refractivity contribution in [1.82, 2.24) is 4.31 Å².